The highest BCUT2D eigenvalue weighted by Gasteiger charge is 2.41. The lowest BCUT2D eigenvalue weighted by atomic mass is 10.1. The van der Waals surface area contributed by atoms with Gasteiger partial charge >= 0.3 is 0 Å². The molecular weight excluding hydrogens is 593 g/mol. The van der Waals surface area contributed by atoms with E-state index in [1.54, 1.807) is 9.80 Å². The van der Waals surface area contributed by atoms with E-state index in [9.17, 15) is 19.2 Å². The van der Waals surface area contributed by atoms with Crippen LogP contribution in [0.25, 0.3) is 0 Å². The van der Waals surface area contributed by atoms with Crippen LogP contribution in [-0.2, 0) is 19.2 Å². The number of amides is 4. The van der Waals surface area contributed by atoms with Crippen LogP contribution in [0.4, 0.5) is 0 Å². The zero-order valence-corrected chi connectivity index (χ0v) is 26.5. The van der Waals surface area contributed by atoms with Gasteiger partial charge < -0.3 is 20.0 Å². The Balaban J connectivity index is 1.81. The Bertz CT molecular complexity index is 916. The van der Waals surface area contributed by atoms with Crippen molar-refractivity contribution >= 4 is 80.2 Å². The number of hydrogen-bond acceptors (Lipinski definition) is 10. The number of aliphatic hydroxyl groups is 2. The van der Waals surface area contributed by atoms with E-state index < -0.39 is 0 Å². The molecule has 10 nitrogen and oxygen atoms in total. The van der Waals surface area contributed by atoms with E-state index in [-0.39, 0.29) is 36.8 Å². The third kappa shape index (κ3) is 9.76. The molecule has 2 aliphatic heterocycles. The first-order valence-electron chi connectivity index (χ1n) is 13.8. The third-order valence-corrected chi connectivity index (χ3v) is 9.68. The lowest BCUT2D eigenvalue weighted by Crippen LogP contribution is -2.33. The van der Waals surface area contributed by atoms with Gasteiger partial charge in [-0.05, 0) is 39.5 Å². The number of thiocarbonyl (C=S) groups is 2. The van der Waals surface area contributed by atoms with Crippen LogP contribution in [0.1, 0.15) is 65.2 Å². The summed E-state index contributed by atoms with van der Waals surface area (Å²) < 4.78 is 0.821. The van der Waals surface area contributed by atoms with Gasteiger partial charge in [0, 0.05) is 52.1 Å². The van der Waals surface area contributed by atoms with Crippen LogP contribution in [-0.4, -0.2) is 115 Å². The normalized spacial score (nSPS) is 17.4. The molecule has 224 valence electrons. The zero-order valence-electron chi connectivity index (χ0n) is 23.3. The number of aliphatic hydroxyl groups excluding tert-OH is 2. The van der Waals surface area contributed by atoms with Crippen LogP contribution in [0.15, 0.2) is 9.81 Å². The second-order valence-electron chi connectivity index (χ2n) is 9.32. The fraction of sp³-hybridized carbons (Fsp3) is 0.692. The van der Waals surface area contributed by atoms with Gasteiger partial charge in [0.05, 0.1) is 23.0 Å². The molecule has 0 aromatic heterocycles. The Kier molecular flexibility index (Phi) is 15.6. The maximum Gasteiger partial charge on any atom is 0.267 e. The molecule has 0 aromatic rings. The van der Waals surface area contributed by atoms with Crippen molar-refractivity contribution in [1.82, 2.24) is 19.6 Å². The van der Waals surface area contributed by atoms with Crippen LogP contribution in [0, 0.1) is 0 Å². The molecule has 4 amide bonds. The molecule has 2 saturated heterocycles. The summed E-state index contributed by atoms with van der Waals surface area (Å²) in [4.78, 5) is 57.5. The summed E-state index contributed by atoms with van der Waals surface area (Å²) in [5.74, 6) is -0.542. The van der Waals surface area contributed by atoms with Crippen molar-refractivity contribution in [3.05, 3.63) is 9.81 Å². The fourth-order valence-corrected chi connectivity index (χ4v) is 7.15. The summed E-state index contributed by atoms with van der Waals surface area (Å²) in [6.07, 6.45) is 5.01. The maximum atomic E-state index is 13.1. The van der Waals surface area contributed by atoms with Crippen LogP contribution in [0.5, 0.6) is 0 Å². The van der Waals surface area contributed by atoms with Crippen molar-refractivity contribution in [2.75, 3.05) is 52.5 Å². The summed E-state index contributed by atoms with van der Waals surface area (Å²) in [5, 5.41) is 18.1. The quantitative estimate of drug-likeness (QED) is 0.133. The highest BCUT2D eigenvalue weighted by Crippen LogP contribution is 2.42. The Morgan fingerprint density at radius 2 is 1.07 bits per heavy atom. The van der Waals surface area contributed by atoms with E-state index in [1.165, 1.54) is 9.80 Å². The van der Waals surface area contributed by atoms with Gasteiger partial charge in [-0.15, -0.1) is 0 Å². The first kappa shape index (κ1) is 34.6. The van der Waals surface area contributed by atoms with Crippen LogP contribution in [0.3, 0.4) is 0 Å². The van der Waals surface area contributed by atoms with Gasteiger partial charge in [0.2, 0.25) is 11.8 Å². The Labute approximate surface area is 255 Å². The Morgan fingerprint density at radius 3 is 1.40 bits per heavy atom. The highest BCUT2D eigenvalue weighted by molar-refractivity contribution is 8.29. The predicted molar refractivity (Wildman–Crippen MR) is 166 cm³/mol. The van der Waals surface area contributed by atoms with Crippen molar-refractivity contribution in [2.24, 2.45) is 0 Å². The van der Waals surface area contributed by atoms with Gasteiger partial charge in [0.1, 0.15) is 8.64 Å². The molecule has 0 bridgehead atoms. The molecule has 40 heavy (non-hydrogen) atoms. The second-order valence-corrected chi connectivity index (χ2v) is 12.6. The van der Waals surface area contributed by atoms with E-state index in [0.29, 0.717) is 96.2 Å². The molecule has 2 rings (SSSR count). The van der Waals surface area contributed by atoms with Crippen LogP contribution >= 0.6 is 48.0 Å². The van der Waals surface area contributed by atoms with Gasteiger partial charge in [-0.3, -0.25) is 29.0 Å². The number of unbranched alkanes of at least 4 members (excludes halogenated alkanes) is 4. The summed E-state index contributed by atoms with van der Waals surface area (Å²) in [5.41, 5.74) is 0. The average molecular weight is 633 g/mol. The molecule has 0 aliphatic carbocycles. The Morgan fingerprint density at radius 1 is 0.700 bits per heavy atom. The number of carbonyl (C=O) groups is 4. The second kappa shape index (κ2) is 18.1. The largest absolute Gasteiger partial charge is 0.395 e. The SMILES string of the molecule is CCN(CCO)C(=O)CCCCCN1C(=O)C(=C2SC(=S)N(CCCCCC(=O)N(CC)CCO)C2=O)SC1=S. The predicted octanol–water partition coefficient (Wildman–Crippen LogP) is 2.72. The standard InChI is InChI=1S/C26H40N4O6S4/c1-3-27(15-17-31)19(33)11-7-5-9-13-29-23(35)21(39-25(29)37)22-24(36)30(26(38)40-22)14-10-6-8-12-20(34)28(4-2)16-18-32/h31-32H,3-18H2,1-2H3. The van der Waals surface area contributed by atoms with Crippen molar-refractivity contribution in [3.63, 3.8) is 0 Å². The molecule has 0 spiro atoms. The minimum atomic E-state index is -0.284. The lowest BCUT2D eigenvalue weighted by Gasteiger charge is -2.19. The van der Waals surface area contributed by atoms with Crippen molar-refractivity contribution in [2.45, 2.75) is 65.2 Å². The van der Waals surface area contributed by atoms with E-state index in [1.807, 2.05) is 13.8 Å². The van der Waals surface area contributed by atoms with Crippen molar-refractivity contribution < 1.29 is 29.4 Å². The van der Waals surface area contributed by atoms with Crippen molar-refractivity contribution in [1.29, 1.82) is 0 Å². The maximum absolute atomic E-state index is 13.1. The Hall–Kier alpha value is -1.58. The summed E-state index contributed by atoms with van der Waals surface area (Å²) in [6, 6.07) is 0. The zero-order chi connectivity index (χ0) is 29.7. The summed E-state index contributed by atoms with van der Waals surface area (Å²) in [6.45, 7) is 6.28. The topological polar surface area (TPSA) is 122 Å². The third-order valence-electron chi connectivity index (χ3n) is 6.66. The molecule has 2 N–H and O–H groups in total. The van der Waals surface area contributed by atoms with Gasteiger partial charge in [-0.25, -0.2) is 0 Å². The fourth-order valence-electron chi connectivity index (χ4n) is 4.38. The summed E-state index contributed by atoms with van der Waals surface area (Å²) in [7, 11) is 0. The highest BCUT2D eigenvalue weighted by atomic mass is 32.2. The van der Waals surface area contributed by atoms with E-state index >= 15 is 0 Å². The monoisotopic (exact) mass is 632 g/mol. The van der Waals surface area contributed by atoms with Gasteiger partial charge in [0.25, 0.3) is 11.8 Å². The first-order valence-corrected chi connectivity index (χ1v) is 16.2. The minimum Gasteiger partial charge on any atom is -0.395 e. The molecule has 2 aliphatic rings. The lowest BCUT2D eigenvalue weighted by molar-refractivity contribution is -0.132. The molecule has 0 radical (unpaired) electrons. The average Bonchev–Trinajstić information content (AvgIpc) is 3.38. The molecule has 2 fully saturated rings. The molecule has 0 atom stereocenters. The van der Waals surface area contributed by atoms with Gasteiger partial charge in [-0.2, -0.15) is 0 Å². The molecule has 0 unspecified atom stereocenters. The van der Waals surface area contributed by atoms with Crippen LogP contribution in [0.2, 0.25) is 0 Å². The number of nitrogens with zero attached hydrogens (tertiary/aromatic N) is 4. The number of thioether (sulfide) groups is 2. The minimum absolute atomic E-state index is 0.0128. The number of rotatable bonds is 18. The molecule has 0 saturated carbocycles. The van der Waals surface area contributed by atoms with E-state index in [0.717, 1.165) is 36.4 Å². The van der Waals surface area contributed by atoms with Gasteiger partial charge in [0.15, 0.2) is 0 Å². The summed E-state index contributed by atoms with van der Waals surface area (Å²) >= 11 is 13.1. The first-order chi connectivity index (χ1) is 19.2. The van der Waals surface area contributed by atoms with E-state index in [4.69, 9.17) is 34.6 Å². The van der Waals surface area contributed by atoms with Crippen molar-refractivity contribution in [3.8, 4) is 0 Å². The molecule has 14 heteroatoms. The van der Waals surface area contributed by atoms with Crippen LogP contribution < -0.4 is 0 Å². The number of carbonyl (C=O) groups excluding carboxylic acids is 4. The molecule has 2 heterocycles. The molecular formula is C26H40N4O6S4. The smallest absolute Gasteiger partial charge is 0.267 e. The number of hydrogen-bond donors (Lipinski definition) is 2. The number of likely N-dealkylation sites (N-methyl/N-ethyl adjacent to an activating group) is 2. The van der Waals surface area contributed by atoms with Gasteiger partial charge in [-0.1, -0.05) is 60.8 Å². The molecule has 0 aromatic carbocycles. The van der Waals surface area contributed by atoms with E-state index in [2.05, 4.69) is 0 Å².